The first-order chi connectivity index (χ1) is 10.8. The van der Waals surface area contributed by atoms with E-state index in [0.717, 1.165) is 16.2 Å². The maximum atomic E-state index is 12.2. The van der Waals surface area contributed by atoms with E-state index in [0.29, 0.717) is 0 Å². The van der Waals surface area contributed by atoms with Crippen LogP contribution in [0, 0.1) is 0 Å². The van der Waals surface area contributed by atoms with Crippen LogP contribution in [-0.2, 0) is 11.3 Å². The highest BCUT2D eigenvalue weighted by atomic mass is 16.6. The van der Waals surface area contributed by atoms with Gasteiger partial charge >= 0.3 is 12.1 Å². The van der Waals surface area contributed by atoms with E-state index in [4.69, 9.17) is 15.2 Å². The average molecular weight is 323 g/mol. The normalized spacial score (nSPS) is 10.8. The van der Waals surface area contributed by atoms with Crippen LogP contribution in [0.2, 0.25) is 0 Å². The van der Waals surface area contributed by atoms with Gasteiger partial charge in [-0.05, 0) is 38.5 Å². The molecule has 0 spiro atoms. The van der Waals surface area contributed by atoms with Crippen LogP contribution in [0.15, 0.2) is 24.3 Å². The minimum Gasteiger partial charge on any atom is -0.497 e. The van der Waals surface area contributed by atoms with Crippen molar-refractivity contribution < 1.29 is 19.1 Å². The molecule has 0 heterocycles. The molecule has 1 aromatic carbocycles. The zero-order valence-electron chi connectivity index (χ0n) is 14.1. The highest BCUT2D eigenvalue weighted by Crippen LogP contribution is 2.12. The van der Waals surface area contributed by atoms with Crippen LogP contribution in [0.4, 0.5) is 9.59 Å². The molecule has 0 atom stereocenters. The molecule has 0 aliphatic heterocycles. The summed E-state index contributed by atoms with van der Waals surface area (Å²) in [6, 6.07) is 6.72. The molecule has 0 saturated carbocycles. The van der Waals surface area contributed by atoms with E-state index in [1.807, 2.05) is 12.1 Å². The summed E-state index contributed by atoms with van der Waals surface area (Å²) in [6.07, 6.45) is -0.713. The van der Waals surface area contributed by atoms with E-state index >= 15 is 0 Å². The van der Waals surface area contributed by atoms with Crippen molar-refractivity contribution in [3.63, 3.8) is 0 Å². The van der Waals surface area contributed by atoms with E-state index in [1.165, 1.54) is 0 Å². The number of nitrogens with two attached hydrogens (primary N) is 1. The predicted molar refractivity (Wildman–Crippen MR) is 87.2 cm³/mol. The van der Waals surface area contributed by atoms with Crippen molar-refractivity contribution in [3.05, 3.63) is 29.8 Å². The molecular weight excluding hydrogens is 298 g/mol. The third-order valence-corrected chi connectivity index (χ3v) is 2.81. The van der Waals surface area contributed by atoms with Gasteiger partial charge in [0.15, 0.2) is 0 Å². The van der Waals surface area contributed by atoms with E-state index in [1.54, 1.807) is 40.0 Å². The maximum Gasteiger partial charge on any atom is 0.418 e. The molecule has 1 aromatic rings. The molecular formula is C16H25N3O4. The van der Waals surface area contributed by atoms with Gasteiger partial charge in [-0.15, -0.1) is 0 Å². The van der Waals surface area contributed by atoms with Gasteiger partial charge < -0.3 is 20.5 Å². The van der Waals surface area contributed by atoms with Gasteiger partial charge in [0.05, 0.1) is 7.11 Å². The number of methoxy groups -OCH3 is 1. The largest absolute Gasteiger partial charge is 0.497 e. The van der Waals surface area contributed by atoms with Gasteiger partial charge in [0.1, 0.15) is 11.4 Å². The third kappa shape index (κ3) is 6.56. The molecule has 0 unspecified atom stereocenters. The summed E-state index contributed by atoms with van der Waals surface area (Å²) in [6.45, 7) is 5.74. The lowest BCUT2D eigenvalue weighted by Crippen LogP contribution is -2.47. The Bertz CT molecular complexity index is 523. The van der Waals surface area contributed by atoms with Gasteiger partial charge in [-0.3, -0.25) is 0 Å². The van der Waals surface area contributed by atoms with Crippen LogP contribution in [0.3, 0.4) is 0 Å². The molecule has 3 N–H and O–H groups in total. The first kappa shape index (κ1) is 18.8. The van der Waals surface area contributed by atoms with Gasteiger partial charge in [-0.1, -0.05) is 12.1 Å². The van der Waals surface area contributed by atoms with Crippen molar-refractivity contribution in [1.82, 2.24) is 10.2 Å². The van der Waals surface area contributed by atoms with Crippen LogP contribution in [0.1, 0.15) is 26.3 Å². The molecule has 1 rings (SSSR count). The zero-order valence-corrected chi connectivity index (χ0v) is 14.1. The number of nitrogens with zero attached hydrogens (tertiary/aromatic N) is 1. The van der Waals surface area contributed by atoms with Crippen LogP contribution < -0.4 is 15.8 Å². The van der Waals surface area contributed by atoms with Crippen molar-refractivity contribution in [2.75, 3.05) is 20.2 Å². The van der Waals surface area contributed by atoms with Gasteiger partial charge in [0, 0.05) is 19.6 Å². The van der Waals surface area contributed by atoms with Crippen LogP contribution in [0.5, 0.6) is 5.75 Å². The van der Waals surface area contributed by atoms with Gasteiger partial charge in [0.25, 0.3) is 0 Å². The fourth-order valence-electron chi connectivity index (χ4n) is 1.74. The van der Waals surface area contributed by atoms with Crippen LogP contribution >= 0.6 is 0 Å². The highest BCUT2D eigenvalue weighted by molar-refractivity contribution is 5.91. The lowest BCUT2D eigenvalue weighted by molar-refractivity contribution is 0.0325. The molecule has 0 aromatic heterocycles. The van der Waals surface area contributed by atoms with Crippen molar-refractivity contribution in [3.8, 4) is 5.75 Å². The number of urea groups is 1. The summed E-state index contributed by atoms with van der Waals surface area (Å²) in [4.78, 5) is 25.2. The molecule has 7 nitrogen and oxygen atoms in total. The van der Waals surface area contributed by atoms with Crippen LogP contribution in [0.25, 0.3) is 0 Å². The Morgan fingerprint density at radius 3 is 2.30 bits per heavy atom. The van der Waals surface area contributed by atoms with E-state index in [-0.39, 0.29) is 19.6 Å². The Labute approximate surface area is 136 Å². The number of rotatable bonds is 5. The molecule has 128 valence electrons. The fraction of sp³-hybridized carbons (Fsp3) is 0.500. The van der Waals surface area contributed by atoms with Gasteiger partial charge in [0.2, 0.25) is 0 Å². The SMILES string of the molecule is COc1ccc(CNC(=O)N(CCN)C(=O)OC(C)(C)C)cc1. The smallest absolute Gasteiger partial charge is 0.418 e. The molecule has 0 bridgehead atoms. The Morgan fingerprint density at radius 2 is 1.83 bits per heavy atom. The lowest BCUT2D eigenvalue weighted by Gasteiger charge is -2.26. The molecule has 0 fully saturated rings. The number of hydrogen-bond donors (Lipinski definition) is 2. The summed E-state index contributed by atoms with van der Waals surface area (Å²) in [5.74, 6) is 0.735. The number of ether oxygens (including phenoxy) is 2. The standard InChI is InChI=1S/C16H25N3O4/c1-16(2,3)23-15(21)19(10-9-17)14(20)18-11-12-5-7-13(22-4)8-6-12/h5-8H,9-11,17H2,1-4H3,(H,18,20). The molecule has 23 heavy (non-hydrogen) atoms. The number of carbonyl (C=O) groups excluding carboxylic acids is 2. The number of carbonyl (C=O) groups is 2. The van der Waals surface area contributed by atoms with E-state index < -0.39 is 17.7 Å². The summed E-state index contributed by atoms with van der Waals surface area (Å²) < 4.78 is 10.3. The summed E-state index contributed by atoms with van der Waals surface area (Å²) >= 11 is 0. The molecule has 3 amide bonds. The average Bonchev–Trinajstić information content (AvgIpc) is 2.49. The third-order valence-electron chi connectivity index (χ3n) is 2.81. The summed E-state index contributed by atoms with van der Waals surface area (Å²) in [5, 5.41) is 2.68. The Hall–Kier alpha value is -2.28. The summed E-state index contributed by atoms with van der Waals surface area (Å²) in [5.41, 5.74) is 5.67. The molecule has 0 radical (unpaired) electrons. The number of nitrogens with one attached hydrogen (secondary N) is 1. The van der Waals surface area contributed by atoms with Crippen molar-refractivity contribution in [1.29, 1.82) is 0 Å². The number of hydrogen-bond acceptors (Lipinski definition) is 5. The minimum atomic E-state index is -0.713. The van der Waals surface area contributed by atoms with Gasteiger partial charge in [-0.2, -0.15) is 0 Å². The quantitative estimate of drug-likeness (QED) is 0.865. The minimum absolute atomic E-state index is 0.0867. The number of amides is 3. The monoisotopic (exact) mass is 323 g/mol. The second-order valence-corrected chi connectivity index (χ2v) is 5.93. The Morgan fingerprint density at radius 1 is 1.22 bits per heavy atom. The van der Waals surface area contributed by atoms with Crippen LogP contribution in [-0.4, -0.2) is 42.8 Å². The Kier molecular flexibility index (Phi) is 6.84. The first-order valence-electron chi connectivity index (χ1n) is 7.38. The van der Waals surface area contributed by atoms with Crippen molar-refractivity contribution >= 4 is 12.1 Å². The molecule has 0 aliphatic rings. The highest BCUT2D eigenvalue weighted by Gasteiger charge is 2.26. The van der Waals surface area contributed by atoms with Crippen molar-refractivity contribution in [2.45, 2.75) is 32.9 Å². The summed E-state index contributed by atoms with van der Waals surface area (Å²) in [7, 11) is 1.59. The molecule has 7 heteroatoms. The predicted octanol–water partition coefficient (Wildman–Crippen LogP) is 2.10. The van der Waals surface area contributed by atoms with E-state index in [9.17, 15) is 9.59 Å². The number of benzene rings is 1. The number of imide groups is 1. The second kappa shape index (κ2) is 8.38. The van der Waals surface area contributed by atoms with Gasteiger partial charge in [-0.25, -0.2) is 14.5 Å². The van der Waals surface area contributed by atoms with Crippen molar-refractivity contribution in [2.24, 2.45) is 5.73 Å². The Balaban J connectivity index is 2.64. The lowest BCUT2D eigenvalue weighted by atomic mass is 10.2. The fourth-order valence-corrected chi connectivity index (χ4v) is 1.74. The first-order valence-corrected chi connectivity index (χ1v) is 7.38. The molecule has 0 aliphatic carbocycles. The second-order valence-electron chi connectivity index (χ2n) is 5.93. The van der Waals surface area contributed by atoms with E-state index in [2.05, 4.69) is 5.32 Å². The molecule has 0 saturated heterocycles. The maximum absolute atomic E-state index is 12.2. The topological polar surface area (TPSA) is 93.9 Å². The zero-order chi connectivity index (χ0) is 17.5.